The van der Waals surface area contributed by atoms with Gasteiger partial charge in [-0.05, 0) is 19.1 Å². The molecule has 0 saturated heterocycles. The fourth-order valence-corrected chi connectivity index (χ4v) is 1.01. The Morgan fingerprint density at radius 2 is 2.14 bits per heavy atom. The largest absolute Gasteiger partial charge is 0.696 e. The van der Waals surface area contributed by atoms with Crippen LogP contribution in [0.25, 0.3) is 0 Å². The van der Waals surface area contributed by atoms with Crippen LogP contribution >= 0.6 is 0 Å². The number of anilines is 1. The van der Waals surface area contributed by atoms with E-state index in [1.807, 2.05) is 0 Å². The molecule has 1 rings (SSSR count). The van der Waals surface area contributed by atoms with Crippen molar-refractivity contribution in [3.8, 4) is 0 Å². The first kappa shape index (κ1) is 10.2. The van der Waals surface area contributed by atoms with Gasteiger partial charge in [-0.25, -0.2) is 0 Å². The van der Waals surface area contributed by atoms with Crippen molar-refractivity contribution in [2.45, 2.75) is 6.92 Å². The number of nitrogens with zero attached hydrogens (tertiary/aromatic N) is 2. The van der Waals surface area contributed by atoms with Gasteiger partial charge in [0.2, 0.25) is 0 Å². The lowest BCUT2D eigenvalue weighted by atomic mass is 10.1. The van der Waals surface area contributed by atoms with Crippen LogP contribution in [0.4, 0.5) is 5.69 Å². The quantitative estimate of drug-likeness (QED) is 0.344. The molecule has 0 atom stereocenters. The van der Waals surface area contributed by atoms with Crippen molar-refractivity contribution in [2.75, 3.05) is 12.5 Å². The second kappa shape index (κ2) is 4.36. The fraction of sp³-hybridized carbons (Fsp3) is 0.222. The molecule has 0 spiro atoms. The highest BCUT2D eigenvalue weighted by atomic mass is 16.5. The van der Waals surface area contributed by atoms with Crippen molar-refractivity contribution < 1.29 is 9.66 Å². The number of rotatable bonds is 3. The highest BCUT2D eigenvalue weighted by molar-refractivity contribution is 5.99. The van der Waals surface area contributed by atoms with E-state index < -0.39 is 0 Å². The van der Waals surface area contributed by atoms with E-state index >= 15 is 0 Å². The first-order chi connectivity index (χ1) is 6.61. The summed E-state index contributed by atoms with van der Waals surface area (Å²) < 4.78 is 0. The van der Waals surface area contributed by atoms with Gasteiger partial charge in [0.15, 0.2) is 11.5 Å². The SMILES string of the molecule is CC(=O)c1ccccc1NN=[N+](C)[O-]. The highest BCUT2D eigenvalue weighted by Gasteiger charge is 2.08. The van der Waals surface area contributed by atoms with Gasteiger partial charge in [-0.15, -0.1) is 5.43 Å². The molecule has 0 fully saturated rings. The maximum atomic E-state index is 11.1. The minimum atomic E-state index is -0.0724. The Morgan fingerprint density at radius 1 is 1.50 bits per heavy atom. The standard InChI is InChI=1S/C9H11N3O2/c1-7(13)8-5-3-4-6-9(8)10-11-12(2)14/h3-6,10H,1-2H3. The molecule has 0 amide bonds. The predicted molar refractivity (Wildman–Crippen MR) is 52.0 cm³/mol. The average molecular weight is 193 g/mol. The van der Waals surface area contributed by atoms with Gasteiger partial charge in [0.05, 0.1) is 10.8 Å². The molecule has 0 heterocycles. The topological polar surface area (TPSA) is 67.5 Å². The second-order valence-corrected chi connectivity index (χ2v) is 2.78. The van der Waals surface area contributed by atoms with Crippen molar-refractivity contribution in [3.05, 3.63) is 35.0 Å². The molecule has 1 aromatic carbocycles. The minimum absolute atomic E-state index is 0.0724. The van der Waals surface area contributed by atoms with Crippen LogP contribution in [0, 0.1) is 5.21 Å². The summed E-state index contributed by atoms with van der Waals surface area (Å²) in [5.74, 6) is -0.0724. The van der Waals surface area contributed by atoms with Gasteiger partial charge < -0.3 is 5.21 Å². The lowest BCUT2D eigenvalue weighted by molar-refractivity contribution is -0.497. The molecule has 5 nitrogen and oxygen atoms in total. The van der Waals surface area contributed by atoms with E-state index in [-0.39, 0.29) is 5.78 Å². The Hall–Kier alpha value is -1.91. The monoisotopic (exact) mass is 193 g/mol. The first-order valence-corrected chi connectivity index (χ1v) is 4.08. The normalized spacial score (nSPS) is 11.1. The number of carbonyl (C=O) groups excluding carboxylic acids is 1. The summed E-state index contributed by atoms with van der Waals surface area (Å²) in [7, 11) is 1.25. The van der Waals surface area contributed by atoms with Gasteiger partial charge in [-0.1, -0.05) is 12.1 Å². The fourth-order valence-electron chi connectivity index (χ4n) is 1.01. The van der Waals surface area contributed by atoms with Gasteiger partial charge in [-0.3, -0.25) is 4.79 Å². The molecule has 0 radical (unpaired) electrons. The van der Waals surface area contributed by atoms with E-state index in [2.05, 4.69) is 10.6 Å². The van der Waals surface area contributed by atoms with Gasteiger partial charge in [0.1, 0.15) is 7.05 Å². The number of benzene rings is 1. The maximum absolute atomic E-state index is 11.1. The maximum Gasteiger partial charge on any atom is 0.164 e. The highest BCUT2D eigenvalue weighted by Crippen LogP contribution is 2.15. The predicted octanol–water partition coefficient (Wildman–Crippen LogP) is 1.81. The second-order valence-electron chi connectivity index (χ2n) is 2.78. The molecule has 0 aliphatic rings. The van der Waals surface area contributed by atoms with Crippen LogP contribution in [0.3, 0.4) is 0 Å². The van der Waals surface area contributed by atoms with Gasteiger partial charge in [-0.2, -0.15) is 4.86 Å². The lowest BCUT2D eigenvalue weighted by Crippen LogP contribution is -2.02. The molecular formula is C9H11N3O2. The summed E-state index contributed by atoms with van der Waals surface area (Å²) in [6.07, 6.45) is 0. The molecule has 0 unspecified atom stereocenters. The van der Waals surface area contributed by atoms with E-state index in [4.69, 9.17) is 0 Å². The summed E-state index contributed by atoms with van der Waals surface area (Å²) in [6, 6.07) is 6.87. The zero-order valence-corrected chi connectivity index (χ0v) is 8.02. The Morgan fingerprint density at radius 3 is 2.71 bits per heavy atom. The average Bonchev–Trinajstić information content (AvgIpc) is 2.15. The van der Waals surface area contributed by atoms with Crippen LogP contribution in [-0.4, -0.2) is 17.7 Å². The van der Waals surface area contributed by atoms with Crippen LogP contribution in [-0.2, 0) is 0 Å². The van der Waals surface area contributed by atoms with Crippen LogP contribution < -0.4 is 5.43 Å². The first-order valence-electron chi connectivity index (χ1n) is 4.08. The zero-order chi connectivity index (χ0) is 10.6. The third kappa shape index (κ3) is 2.55. The summed E-state index contributed by atoms with van der Waals surface area (Å²) in [5, 5.41) is 13.9. The summed E-state index contributed by atoms with van der Waals surface area (Å²) in [4.78, 5) is 11.5. The molecule has 1 N–H and O–H groups in total. The molecule has 0 saturated carbocycles. The van der Waals surface area contributed by atoms with Crippen molar-refractivity contribution in [3.63, 3.8) is 0 Å². The number of ketones is 1. The number of para-hydroxylation sites is 1. The van der Waals surface area contributed by atoms with E-state index in [1.54, 1.807) is 24.3 Å². The number of Topliss-reactive ketones (excluding diaryl/α,β-unsaturated/α-hetero) is 1. The molecule has 0 aliphatic carbocycles. The van der Waals surface area contributed by atoms with Crippen LogP contribution in [0.1, 0.15) is 17.3 Å². The van der Waals surface area contributed by atoms with Crippen molar-refractivity contribution in [1.82, 2.24) is 0 Å². The minimum Gasteiger partial charge on any atom is -0.696 e. The van der Waals surface area contributed by atoms with Crippen LogP contribution in [0.15, 0.2) is 29.5 Å². The van der Waals surface area contributed by atoms with Crippen LogP contribution in [0.5, 0.6) is 0 Å². The lowest BCUT2D eigenvalue weighted by Gasteiger charge is -2.01. The molecule has 14 heavy (non-hydrogen) atoms. The van der Waals surface area contributed by atoms with Gasteiger partial charge in [0.25, 0.3) is 0 Å². The molecular weight excluding hydrogens is 182 g/mol. The van der Waals surface area contributed by atoms with Crippen molar-refractivity contribution >= 4 is 11.5 Å². The number of carbonyl (C=O) groups is 1. The molecule has 5 heteroatoms. The number of hydrogen-bond acceptors (Lipinski definition) is 3. The molecule has 74 valence electrons. The third-order valence-corrected chi connectivity index (χ3v) is 1.62. The molecule has 0 aliphatic heterocycles. The van der Waals surface area contributed by atoms with Gasteiger partial charge >= 0.3 is 0 Å². The van der Waals surface area contributed by atoms with E-state index in [0.29, 0.717) is 16.1 Å². The smallest absolute Gasteiger partial charge is 0.164 e. The molecule has 1 aromatic rings. The van der Waals surface area contributed by atoms with E-state index in [1.165, 1.54) is 14.0 Å². The summed E-state index contributed by atoms with van der Waals surface area (Å²) in [5.41, 5.74) is 3.55. The molecule has 0 bridgehead atoms. The van der Waals surface area contributed by atoms with E-state index in [0.717, 1.165) is 0 Å². The Bertz CT molecular complexity index is 370. The zero-order valence-electron chi connectivity index (χ0n) is 8.02. The Kier molecular flexibility index (Phi) is 3.17. The van der Waals surface area contributed by atoms with Crippen LogP contribution in [0.2, 0.25) is 0 Å². The van der Waals surface area contributed by atoms with Crippen molar-refractivity contribution in [1.29, 1.82) is 0 Å². The number of hydroxylamine groups is 1. The van der Waals surface area contributed by atoms with E-state index in [9.17, 15) is 10.0 Å². The number of hydrogen-bond donors (Lipinski definition) is 1. The Balaban J connectivity index is 2.96. The summed E-state index contributed by atoms with van der Waals surface area (Å²) >= 11 is 0. The van der Waals surface area contributed by atoms with Crippen molar-refractivity contribution in [2.24, 2.45) is 5.22 Å². The third-order valence-electron chi connectivity index (χ3n) is 1.62. The summed E-state index contributed by atoms with van der Waals surface area (Å²) in [6.45, 7) is 1.46. The Labute approximate surface area is 81.6 Å². The number of nitrogens with one attached hydrogen (secondary N) is 1. The van der Waals surface area contributed by atoms with Gasteiger partial charge in [0, 0.05) is 0 Å². The molecule has 0 aromatic heterocycles.